The highest BCUT2D eigenvalue weighted by Gasteiger charge is 2.41. The van der Waals surface area contributed by atoms with Crippen LogP contribution in [0.15, 0.2) is 0 Å². The molecule has 0 heterocycles. The van der Waals surface area contributed by atoms with Gasteiger partial charge in [0.15, 0.2) is 0 Å². The zero-order valence-electron chi connectivity index (χ0n) is 7.31. The van der Waals surface area contributed by atoms with E-state index in [1.165, 1.54) is 13.8 Å². The molecule has 6 heteroatoms. The largest absolute Gasteiger partial charge is 0.391 e. The van der Waals surface area contributed by atoms with E-state index in [2.05, 4.69) is 4.74 Å². The maximum absolute atomic E-state index is 12.2. The van der Waals surface area contributed by atoms with E-state index >= 15 is 0 Å². The first-order chi connectivity index (χ1) is 5.77. The number of aliphatic hydroxyl groups is 1. The first-order valence-electron chi connectivity index (χ1n) is 3.73. The van der Waals surface area contributed by atoms with E-state index in [1.807, 2.05) is 0 Å². The molecule has 1 N–H and O–H groups in total. The van der Waals surface area contributed by atoms with Crippen LogP contribution < -0.4 is 0 Å². The van der Waals surface area contributed by atoms with Gasteiger partial charge in [-0.2, -0.15) is 8.78 Å². The minimum atomic E-state index is -4.15. The smallest absolute Gasteiger partial charge is 0.330 e. The Morgan fingerprint density at radius 2 is 1.77 bits per heavy atom. The second-order valence-electron chi connectivity index (χ2n) is 2.82. The highest BCUT2D eigenvalue weighted by molar-refractivity contribution is 4.69. The van der Waals surface area contributed by atoms with Gasteiger partial charge < -0.3 is 9.84 Å². The Labute approximate surface area is 73.5 Å². The Bertz CT molecular complexity index is 149. The summed E-state index contributed by atoms with van der Waals surface area (Å²) >= 11 is 0. The lowest BCUT2D eigenvalue weighted by molar-refractivity contribution is -0.182. The molecular formula is C7H12F4O2. The number of rotatable bonds is 5. The summed E-state index contributed by atoms with van der Waals surface area (Å²) in [4.78, 5) is 0. The number of ether oxygens (including phenoxy) is 1. The van der Waals surface area contributed by atoms with Crippen molar-refractivity contribution in [3.8, 4) is 0 Å². The van der Waals surface area contributed by atoms with E-state index in [-0.39, 0.29) is 0 Å². The van der Waals surface area contributed by atoms with Crippen molar-refractivity contribution < 1.29 is 27.4 Å². The Morgan fingerprint density at radius 3 is 2.08 bits per heavy atom. The number of hydrogen-bond acceptors (Lipinski definition) is 2. The number of halogens is 4. The molecule has 0 amide bonds. The van der Waals surface area contributed by atoms with Gasteiger partial charge in [-0.05, 0) is 13.8 Å². The van der Waals surface area contributed by atoms with Crippen molar-refractivity contribution in [2.75, 3.05) is 6.61 Å². The summed E-state index contributed by atoms with van der Waals surface area (Å²) in [6, 6.07) is 0. The van der Waals surface area contributed by atoms with Crippen LogP contribution >= 0.6 is 0 Å². The van der Waals surface area contributed by atoms with Crippen LogP contribution in [0.5, 0.6) is 0 Å². The molecule has 0 saturated heterocycles. The molecule has 2 nitrogen and oxygen atoms in total. The molecule has 0 aliphatic rings. The highest BCUT2D eigenvalue weighted by Crippen LogP contribution is 2.23. The first kappa shape index (κ1) is 12.6. The Hall–Kier alpha value is -0.360. The number of hydrogen-bond donors (Lipinski definition) is 1. The topological polar surface area (TPSA) is 29.5 Å². The zero-order valence-corrected chi connectivity index (χ0v) is 7.31. The third kappa shape index (κ3) is 4.42. The van der Waals surface area contributed by atoms with E-state index in [0.717, 1.165) is 0 Å². The lowest BCUT2D eigenvalue weighted by atomic mass is 10.2. The molecule has 0 aliphatic heterocycles. The Balaban J connectivity index is 3.88. The van der Waals surface area contributed by atoms with Crippen LogP contribution in [-0.2, 0) is 4.74 Å². The second kappa shape index (κ2) is 4.76. The molecule has 0 bridgehead atoms. The van der Waals surface area contributed by atoms with Crippen LogP contribution in [0, 0.1) is 0 Å². The molecule has 0 spiro atoms. The molecule has 1 unspecified atom stereocenters. The monoisotopic (exact) mass is 204 g/mol. The molecule has 0 radical (unpaired) electrons. The molecule has 0 aromatic heterocycles. The molecule has 13 heavy (non-hydrogen) atoms. The standard InChI is InChI=1S/C7H12F4O2/c1-4(12)5(2)13-3-7(10,11)6(8)9/h4-6,12H,3H2,1-2H3/t4-,5?/m0/s1. The van der Waals surface area contributed by atoms with Gasteiger partial charge in [-0.1, -0.05) is 0 Å². The molecule has 0 fully saturated rings. The molecule has 2 atom stereocenters. The summed E-state index contributed by atoms with van der Waals surface area (Å²) in [7, 11) is 0. The average Bonchev–Trinajstić information content (AvgIpc) is 1.99. The molecular weight excluding hydrogens is 192 g/mol. The van der Waals surface area contributed by atoms with Gasteiger partial charge in [-0.25, -0.2) is 8.78 Å². The van der Waals surface area contributed by atoms with Gasteiger partial charge in [0.25, 0.3) is 0 Å². The summed E-state index contributed by atoms with van der Waals surface area (Å²) in [5.41, 5.74) is 0. The third-order valence-electron chi connectivity index (χ3n) is 1.54. The van der Waals surface area contributed by atoms with Crippen molar-refractivity contribution in [1.82, 2.24) is 0 Å². The van der Waals surface area contributed by atoms with Gasteiger partial charge in [-0.15, -0.1) is 0 Å². The van der Waals surface area contributed by atoms with Crippen molar-refractivity contribution in [2.24, 2.45) is 0 Å². The summed E-state index contributed by atoms with van der Waals surface area (Å²) in [6.45, 7) is 1.27. The maximum Gasteiger partial charge on any atom is 0.330 e. The fraction of sp³-hybridized carbons (Fsp3) is 1.00. The Kier molecular flexibility index (Phi) is 4.63. The Morgan fingerprint density at radius 1 is 1.31 bits per heavy atom. The molecule has 0 aromatic carbocycles. The second-order valence-corrected chi connectivity index (χ2v) is 2.82. The van der Waals surface area contributed by atoms with E-state index in [0.29, 0.717) is 0 Å². The quantitative estimate of drug-likeness (QED) is 0.690. The fourth-order valence-electron chi connectivity index (χ4n) is 0.445. The predicted molar refractivity (Wildman–Crippen MR) is 38.0 cm³/mol. The van der Waals surface area contributed by atoms with Gasteiger partial charge in [0.05, 0.1) is 12.2 Å². The van der Waals surface area contributed by atoms with Crippen LogP contribution in [-0.4, -0.2) is 36.3 Å². The minimum absolute atomic E-state index is 0.885. The van der Waals surface area contributed by atoms with Gasteiger partial charge in [0.2, 0.25) is 0 Å². The summed E-state index contributed by atoms with van der Waals surface area (Å²) < 4.78 is 51.9. The van der Waals surface area contributed by atoms with Gasteiger partial charge in [-0.3, -0.25) is 0 Å². The third-order valence-corrected chi connectivity index (χ3v) is 1.54. The van der Waals surface area contributed by atoms with Crippen LogP contribution in [0.2, 0.25) is 0 Å². The van der Waals surface area contributed by atoms with Crippen molar-refractivity contribution in [3.63, 3.8) is 0 Å². The lowest BCUT2D eigenvalue weighted by Crippen LogP contribution is -2.36. The van der Waals surface area contributed by atoms with Crippen LogP contribution in [0.25, 0.3) is 0 Å². The number of alkyl halides is 4. The van der Waals surface area contributed by atoms with E-state index in [9.17, 15) is 17.6 Å². The first-order valence-corrected chi connectivity index (χ1v) is 3.73. The molecule has 0 saturated carbocycles. The molecule has 0 aliphatic carbocycles. The lowest BCUT2D eigenvalue weighted by Gasteiger charge is -2.20. The summed E-state index contributed by atoms with van der Waals surface area (Å²) in [5, 5.41) is 8.80. The SMILES string of the molecule is CC(OCC(F)(F)C(F)F)[C@H](C)O. The normalized spacial score (nSPS) is 17.5. The summed E-state index contributed by atoms with van der Waals surface area (Å²) in [6.07, 6.45) is -5.59. The maximum atomic E-state index is 12.2. The van der Waals surface area contributed by atoms with Crippen LogP contribution in [0.3, 0.4) is 0 Å². The zero-order chi connectivity index (χ0) is 10.6. The molecule has 0 aromatic rings. The van der Waals surface area contributed by atoms with Crippen molar-refractivity contribution in [3.05, 3.63) is 0 Å². The van der Waals surface area contributed by atoms with Crippen molar-refractivity contribution in [1.29, 1.82) is 0 Å². The van der Waals surface area contributed by atoms with Gasteiger partial charge in [0, 0.05) is 0 Å². The predicted octanol–water partition coefficient (Wildman–Crippen LogP) is 1.67. The van der Waals surface area contributed by atoms with Crippen molar-refractivity contribution >= 4 is 0 Å². The van der Waals surface area contributed by atoms with Crippen LogP contribution in [0.4, 0.5) is 17.6 Å². The van der Waals surface area contributed by atoms with Gasteiger partial charge in [0.1, 0.15) is 6.61 Å². The van der Waals surface area contributed by atoms with Crippen molar-refractivity contribution in [2.45, 2.75) is 38.4 Å². The molecule has 0 rings (SSSR count). The minimum Gasteiger partial charge on any atom is -0.391 e. The van der Waals surface area contributed by atoms with E-state index in [4.69, 9.17) is 5.11 Å². The average molecular weight is 204 g/mol. The highest BCUT2D eigenvalue weighted by atomic mass is 19.3. The molecule has 80 valence electrons. The fourth-order valence-corrected chi connectivity index (χ4v) is 0.445. The van der Waals surface area contributed by atoms with E-state index < -0.39 is 31.2 Å². The van der Waals surface area contributed by atoms with Gasteiger partial charge >= 0.3 is 12.3 Å². The number of aliphatic hydroxyl groups excluding tert-OH is 1. The van der Waals surface area contributed by atoms with Crippen LogP contribution in [0.1, 0.15) is 13.8 Å². The van der Waals surface area contributed by atoms with E-state index in [1.54, 1.807) is 0 Å². The summed E-state index contributed by atoms with van der Waals surface area (Å²) in [5.74, 6) is -4.15.